The molecule has 20 heavy (non-hydrogen) atoms. The van der Waals surface area contributed by atoms with Crippen LogP contribution in [0.5, 0.6) is 5.75 Å². The second kappa shape index (κ2) is 6.10. The van der Waals surface area contributed by atoms with Crippen molar-refractivity contribution in [3.05, 3.63) is 65.2 Å². The maximum Gasteiger partial charge on any atom is 0.119 e. The second-order valence-corrected chi connectivity index (χ2v) is 5.55. The van der Waals surface area contributed by atoms with Crippen LogP contribution in [0.15, 0.2) is 48.5 Å². The van der Waals surface area contributed by atoms with Gasteiger partial charge in [-0.2, -0.15) is 0 Å². The van der Waals surface area contributed by atoms with Crippen LogP contribution in [0.3, 0.4) is 0 Å². The molecule has 104 valence electrons. The molecule has 2 aromatic rings. The molecule has 2 aromatic carbocycles. The molecule has 0 N–H and O–H groups in total. The Kier molecular flexibility index (Phi) is 4.03. The first-order valence-corrected chi connectivity index (χ1v) is 7.29. The Morgan fingerprint density at radius 1 is 1.00 bits per heavy atom. The lowest BCUT2D eigenvalue weighted by Gasteiger charge is -2.30. The SMILES string of the molecule is Cc1cccc(COc2ccc(CN3CCC3)cc2)c1. The van der Waals surface area contributed by atoms with E-state index in [0.717, 1.165) is 12.3 Å². The lowest BCUT2D eigenvalue weighted by Crippen LogP contribution is -2.36. The molecule has 0 spiro atoms. The first kappa shape index (κ1) is 13.2. The van der Waals surface area contributed by atoms with Gasteiger partial charge in [-0.1, -0.05) is 42.0 Å². The summed E-state index contributed by atoms with van der Waals surface area (Å²) in [6.07, 6.45) is 1.34. The molecule has 1 fully saturated rings. The number of benzene rings is 2. The van der Waals surface area contributed by atoms with Crippen molar-refractivity contribution in [1.82, 2.24) is 4.90 Å². The van der Waals surface area contributed by atoms with Crippen LogP contribution in [0.4, 0.5) is 0 Å². The Hall–Kier alpha value is -1.80. The van der Waals surface area contributed by atoms with E-state index >= 15 is 0 Å². The number of ether oxygens (including phenoxy) is 1. The van der Waals surface area contributed by atoms with Crippen LogP contribution in [0, 0.1) is 6.92 Å². The zero-order chi connectivity index (χ0) is 13.8. The Balaban J connectivity index is 1.54. The third kappa shape index (κ3) is 3.40. The highest BCUT2D eigenvalue weighted by Crippen LogP contribution is 2.17. The van der Waals surface area contributed by atoms with Gasteiger partial charge in [-0.3, -0.25) is 4.90 Å². The molecule has 0 amide bonds. The highest BCUT2D eigenvalue weighted by atomic mass is 16.5. The van der Waals surface area contributed by atoms with Gasteiger partial charge in [-0.05, 0) is 49.7 Å². The molecule has 0 saturated carbocycles. The summed E-state index contributed by atoms with van der Waals surface area (Å²) in [5, 5.41) is 0. The third-order valence-corrected chi connectivity index (χ3v) is 3.77. The quantitative estimate of drug-likeness (QED) is 0.817. The van der Waals surface area contributed by atoms with Crippen LogP contribution in [-0.4, -0.2) is 18.0 Å². The fraction of sp³-hybridized carbons (Fsp3) is 0.333. The topological polar surface area (TPSA) is 12.5 Å². The summed E-state index contributed by atoms with van der Waals surface area (Å²) in [7, 11) is 0. The van der Waals surface area contributed by atoms with Crippen molar-refractivity contribution in [2.45, 2.75) is 26.5 Å². The summed E-state index contributed by atoms with van der Waals surface area (Å²) in [5.41, 5.74) is 3.86. The van der Waals surface area contributed by atoms with E-state index in [1.54, 1.807) is 0 Å². The molecule has 2 nitrogen and oxygen atoms in total. The Labute approximate surface area is 121 Å². The summed E-state index contributed by atoms with van der Waals surface area (Å²) in [6.45, 7) is 6.29. The minimum atomic E-state index is 0.632. The smallest absolute Gasteiger partial charge is 0.119 e. The highest BCUT2D eigenvalue weighted by Gasteiger charge is 2.13. The molecule has 0 unspecified atom stereocenters. The molecule has 0 bridgehead atoms. The van der Waals surface area contributed by atoms with Crippen molar-refractivity contribution in [3.63, 3.8) is 0 Å². The Bertz CT molecular complexity index is 558. The molecule has 2 heteroatoms. The summed E-state index contributed by atoms with van der Waals surface area (Å²) in [6, 6.07) is 16.9. The summed E-state index contributed by atoms with van der Waals surface area (Å²) >= 11 is 0. The second-order valence-electron chi connectivity index (χ2n) is 5.55. The van der Waals surface area contributed by atoms with Crippen LogP contribution in [-0.2, 0) is 13.2 Å². The van der Waals surface area contributed by atoms with E-state index in [1.165, 1.54) is 36.2 Å². The van der Waals surface area contributed by atoms with E-state index in [2.05, 4.69) is 60.4 Å². The number of likely N-dealkylation sites (tertiary alicyclic amines) is 1. The lowest BCUT2D eigenvalue weighted by molar-refractivity contribution is 0.172. The molecule has 1 aliphatic rings. The van der Waals surface area contributed by atoms with E-state index in [-0.39, 0.29) is 0 Å². The minimum absolute atomic E-state index is 0.632. The van der Waals surface area contributed by atoms with E-state index in [0.29, 0.717) is 6.61 Å². The highest BCUT2D eigenvalue weighted by molar-refractivity contribution is 5.28. The monoisotopic (exact) mass is 267 g/mol. The van der Waals surface area contributed by atoms with E-state index in [1.807, 2.05) is 0 Å². The number of nitrogens with zero attached hydrogens (tertiary/aromatic N) is 1. The zero-order valence-electron chi connectivity index (χ0n) is 12.0. The van der Waals surface area contributed by atoms with Gasteiger partial charge in [-0.15, -0.1) is 0 Å². The van der Waals surface area contributed by atoms with Gasteiger partial charge in [0.05, 0.1) is 0 Å². The third-order valence-electron chi connectivity index (χ3n) is 3.77. The molecule has 1 saturated heterocycles. The van der Waals surface area contributed by atoms with Crippen LogP contribution >= 0.6 is 0 Å². The average molecular weight is 267 g/mol. The largest absolute Gasteiger partial charge is 0.489 e. The minimum Gasteiger partial charge on any atom is -0.489 e. The van der Waals surface area contributed by atoms with Crippen LogP contribution < -0.4 is 4.74 Å². The summed E-state index contributed by atoms with van der Waals surface area (Å²) in [4.78, 5) is 2.46. The summed E-state index contributed by atoms with van der Waals surface area (Å²) < 4.78 is 5.83. The molecular weight excluding hydrogens is 246 g/mol. The fourth-order valence-electron chi connectivity index (χ4n) is 2.46. The van der Waals surface area contributed by atoms with Gasteiger partial charge in [0.25, 0.3) is 0 Å². The van der Waals surface area contributed by atoms with E-state index in [4.69, 9.17) is 4.74 Å². The molecule has 0 radical (unpaired) electrons. The predicted octanol–water partition coefficient (Wildman–Crippen LogP) is 3.78. The fourth-order valence-corrected chi connectivity index (χ4v) is 2.46. The van der Waals surface area contributed by atoms with Gasteiger partial charge in [0.2, 0.25) is 0 Å². The van der Waals surface area contributed by atoms with Gasteiger partial charge in [0.15, 0.2) is 0 Å². The number of hydrogen-bond donors (Lipinski definition) is 0. The average Bonchev–Trinajstić information content (AvgIpc) is 2.42. The van der Waals surface area contributed by atoms with Gasteiger partial charge < -0.3 is 4.74 Å². The molecule has 1 heterocycles. The zero-order valence-corrected chi connectivity index (χ0v) is 12.0. The predicted molar refractivity (Wildman–Crippen MR) is 81.8 cm³/mol. The van der Waals surface area contributed by atoms with E-state index in [9.17, 15) is 0 Å². The van der Waals surface area contributed by atoms with Gasteiger partial charge in [0, 0.05) is 6.54 Å². The molecule has 0 aromatic heterocycles. The Morgan fingerprint density at radius 2 is 1.80 bits per heavy atom. The molecule has 3 rings (SSSR count). The first-order valence-electron chi connectivity index (χ1n) is 7.29. The lowest BCUT2D eigenvalue weighted by atomic mass is 10.1. The van der Waals surface area contributed by atoms with Gasteiger partial charge >= 0.3 is 0 Å². The van der Waals surface area contributed by atoms with Crippen molar-refractivity contribution >= 4 is 0 Å². The molecule has 0 atom stereocenters. The molecule has 1 aliphatic heterocycles. The van der Waals surface area contributed by atoms with Gasteiger partial charge in [0.1, 0.15) is 12.4 Å². The number of aryl methyl sites for hydroxylation is 1. The Morgan fingerprint density at radius 3 is 2.45 bits per heavy atom. The number of hydrogen-bond acceptors (Lipinski definition) is 2. The maximum absolute atomic E-state index is 5.83. The number of rotatable bonds is 5. The molecular formula is C18H21NO. The van der Waals surface area contributed by atoms with E-state index < -0.39 is 0 Å². The van der Waals surface area contributed by atoms with Crippen molar-refractivity contribution in [2.75, 3.05) is 13.1 Å². The normalized spacial score (nSPS) is 14.8. The van der Waals surface area contributed by atoms with Gasteiger partial charge in [-0.25, -0.2) is 0 Å². The molecule has 0 aliphatic carbocycles. The van der Waals surface area contributed by atoms with Crippen molar-refractivity contribution in [3.8, 4) is 5.75 Å². The van der Waals surface area contributed by atoms with Crippen molar-refractivity contribution in [2.24, 2.45) is 0 Å². The maximum atomic E-state index is 5.83. The standard InChI is InChI=1S/C18H21NO/c1-15-4-2-5-17(12-15)14-20-18-8-6-16(7-9-18)13-19-10-3-11-19/h2,4-9,12H,3,10-11,13-14H2,1H3. The summed E-state index contributed by atoms with van der Waals surface area (Å²) in [5.74, 6) is 0.943. The van der Waals surface area contributed by atoms with Crippen LogP contribution in [0.25, 0.3) is 0 Å². The van der Waals surface area contributed by atoms with Crippen molar-refractivity contribution in [1.29, 1.82) is 0 Å². The van der Waals surface area contributed by atoms with Crippen molar-refractivity contribution < 1.29 is 4.74 Å². The first-order chi connectivity index (χ1) is 9.79. The van der Waals surface area contributed by atoms with Crippen LogP contribution in [0.2, 0.25) is 0 Å². The van der Waals surface area contributed by atoms with Crippen LogP contribution in [0.1, 0.15) is 23.1 Å².